The van der Waals surface area contributed by atoms with E-state index in [-0.39, 0.29) is 4.90 Å². The van der Waals surface area contributed by atoms with Crippen LogP contribution in [-0.4, -0.2) is 20.5 Å². The molecule has 31 heavy (non-hydrogen) atoms. The molecular formula is C23H19ClN2O4S. The van der Waals surface area contributed by atoms with Gasteiger partial charge in [0.1, 0.15) is 11.4 Å². The average Bonchev–Trinajstić information content (AvgIpc) is 3.18. The number of oxazole rings is 1. The first-order chi connectivity index (χ1) is 14.9. The van der Waals surface area contributed by atoms with E-state index in [4.69, 9.17) is 25.9 Å². The van der Waals surface area contributed by atoms with Gasteiger partial charge in [-0.15, -0.1) is 0 Å². The summed E-state index contributed by atoms with van der Waals surface area (Å²) in [5, 5.41) is 5.90. The van der Waals surface area contributed by atoms with Crippen molar-refractivity contribution in [2.24, 2.45) is 5.14 Å². The Bertz CT molecular complexity index is 1330. The minimum absolute atomic E-state index is 0.0308. The molecule has 0 atom stereocenters. The molecule has 0 radical (unpaired) electrons. The maximum Gasteiger partial charge on any atom is 0.238 e. The Morgan fingerprint density at radius 1 is 1.03 bits per heavy atom. The first-order valence-corrected chi connectivity index (χ1v) is 11.3. The molecule has 0 aliphatic carbocycles. The summed E-state index contributed by atoms with van der Waals surface area (Å²) in [5.74, 6) is 1.30. The Balaban J connectivity index is 1.92. The zero-order chi connectivity index (χ0) is 22.0. The molecule has 0 saturated carbocycles. The molecule has 0 unspecified atom stereocenters. The Hall–Kier alpha value is -3.13. The molecule has 1 aromatic heterocycles. The standard InChI is InChI=1S/C23H19ClN2O4S/c1-29-19-14-16(11-12-18(19)24)23-22(17-9-5-6-10-20(17)31(25,27)28)26-21(30-23)13-15-7-3-2-4-8-15/h2-12,14H,13H2,1H3,(H2,25,27,28). The van der Waals surface area contributed by atoms with Crippen LogP contribution in [-0.2, 0) is 16.4 Å². The summed E-state index contributed by atoms with van der Waals surface area (Å²) in [6, 6.07) is 21.3. The van der Waals surface area contributed by atoms with Gasteiger partial charge in [-0.05, 0) is 29.8 Å². The highest BCUT2D eigenvalue weighted by atomic mass is 35.5. The molecule has 0 bridgehead atoms. The number of nitrogens with zero attached hydrogens (tertiary/aromatic N) is 1. The van der Waals surface area contributed by atoms with E-state index in [1.807, 2.05) is 30.3 Å². The maximum absolute atomic E-state index is 12.2. The number of sulfonamides is 1. The van der Waals surface area contributed by atoms with Gasteiger partial charge >= 0.3 is 0 Å². The first kappa shape index (κ1) is 21.1. The van der Waals surface area contributed by atoms with E-state index in [2.05, 4.69) is 4.98 Å². The third-order valence-electron chi connectivity index (χ3n) is 4.73. The lowest BCUT2D eigenvalue weighted by Crippen LogP contribution is -2.13. The van der Waals surface area contributed by atoms with Crippen LogP contribution in [0.4, 0.5) is 0 Å². The van der Waals surface area contributed by atoms with Crippen LogP contribution >= 0.6 is 11.6 Å². The van der Waals surface area contributed by atoms with Gasteiger partial charge in [-0.3, -0.25) is 0 Å². The third kappa shape index (κ3) is 4.49. The number of rotatable bonds is 6. The minimum atomic E-state index is -3.98. The summed E-state index contributed by atoms with van der Waals surface area (Å²) in [4.78, 5) is 4.61. The Morgan fingerprint density at radius 3 is 2.45 bits per heavy atom. The zero-order valence-corrected chi connectivity index (χ0v) is 18.2. The highest BCUT2D eigenvalue weighted by Gasteiger charge is 2.23. The lowest BCUT2D eigenvalue weighted by molar-refractivity contribution is 0.415. The molecule has 0 aliphatic heterocycles. The summed E-state index contributed by atoms with van der Waals surface area (Å²) in [5.41, 5.74) is 2.39. The smallest absolute Gasteiger partial charge is 0.238 e. The van der Waals surface area contributed by atoms with Crippen molar-refractivity contribution in [2.75, 3.05) is 7.11 Å². The number of hydrogen-bond donors (Lipinski definition) is 1. The van der Waals surface area contributed by atoms with Crippen molar-refractivity contribution in [3.05, 3.63) is 89.3 Å². The number of methoxy groups -OCH3 is 1. The summed E-state index contributed by atoms with van der Waals surface area (Å²) >= 11 is 6.17. The predicted molar refractivity (Wildman–Crippen MR) is 120 cm³/mol. The molecule has 0 fully saturated rings. The van der Waals surface area contributed by atoms with Crippen LogP contribution in [0.5, 0.6) is 5.75 Å². The fourth-order valence-electron chi connectivity index (χ4n) is 3.30. The van der Waals surface area contributed by atoms with Crippen LogP contribution in [0.15, 0.2) is 82.1 Å². The highest BCUT2D eigenvalue weighted by molar-refractivity contribution is 7.89. The number of primary sulfonamides is 1. The fraction of sp³-hybridized carbons (Fsp3) is 0.0870. The van der Waals surface area contributed by atoms with Crippen molar-refractivity contribution in [3.8, 4) is 28.3 Å². The van der Waals surface area contributed by atoms with Gasteiger partial charge in [-0.25, -0.2) is 18.5 Å². The number of ether oxygens (including phenoxy) is 1. The average molecular weight is 455 g/mol. The molecule has 6 nitrogen and oxygen atoms in total. The normalized spacial score (nSPS) is 11.5. The van der Waals surface area contributed by atoms with Crippen LogP contribution < -0.4 is 9.88 Å². The second kappa shape index (κ2) is 8.55. The van der Waals surface area contributed by atoms with Crippen molar-refractivity contribution >= 4 is 21.6 Å². The highest BCUT2D eigenvalue weighted by Crippen LogP contribution is 2.38. The number of benzene rings is 3. The summed E-state index contributed by atoms with van der Waals surface area (Å²) < 4.78 is 35.8. The first-order valence-electron chi connectivity index (χ1n) is 9.36. The Kier molecular flexibility index (Phi) is 5.82. The van der Waals surface area contributed by atoms with Crippen LogP contribution in [0.1, 0.15) is 11.5 Å². The number of halogens is 1. The van der Waals surface area contributed by atoms with Crippen molar-refractivity contribution in [1.82, 2.24) is 4.98 Å². The Labute approximate surface area is 185 Å². The van der Waals surface area contributed by atoms with Gasteiger partial charge in [0.25, 0.3) is 0 Å². The van der Waals surface area contributed by atoms with Crippen LogP contribution in [0.2, 0.25) is 5.02 Å². The largest absolute Gasteiger partial charge is 0.495 e. The molecule has 3 aromatic carbocycles. The van der Waals surface area contributed by atoms with Crippen molar-refractivity contribution in [2.45, 2.75) is 11.3 Å². The van der Waals surface area contributed by atoms with Crippen molar-refractivity contribution in [1.29, 1.82) is 0 Å². The van der Waals surface area contributed by atoms with E-state index >= 15 is 0 Å². The van der Waals surface area contributed by atoms with E-state index in [0.29, 0.717) is 45.7 Å². The lowest BCUT2D eigenvalue weighted by Gasteiger charge is -2.08. The van der Waals surface area contributed by atoms with Gasteiger partial charge in [0.05, 0.1) is 17.0 Å². The third-order valence-corrected chi connectivity index (χ3v) is 6.01. The summed E-state index contributed by atoms with van der Waals surface area (Å²) in [6.07, 6.45) is 0.441. The molecular weight excluding hydrogens is 436 g/mol. The van der Waals surface area contributed by atoms with E-state index in [0.717, 1.165) is 5.56 Å². The monoisotopic (exact) mass is 454 g/mol. The van der Waals surface area contributed by atoms with Gasteiger partial charge < -0.3 is 9.15 Å². The van der Waals surface area contributed by atoms with Crippen molar-refractivity contribution in [3.63, 3.8) is 0 Å². The molecule has 4 aromatic rings. The molecule has 8 heteroatoms. The predicted octanol–water partition coefficient (Wildman–Crippen LogP) is 4.91. The van der Waals surface area contributed by atoms with E-state index in [1.165, 1.54) is 13.2 Å². The van der Waals surface area contributed by atoms with Gasteiger partial charge in [0, 0.05) is 17.5 Å². The summed E-state index contributed by atoms with van der Waals surface area (Å²) in [7, 11) is -2.46. The van der Waals surface area contributed by atoms with Gasteiger partial charge in [0.15, 0.2) is 11.7 Å². The van der Waals surface area contributed by atoms with E-state index in [9.17, 15) is 8.42 Å². The van der Waals surface area contributed by atoms with Crippen LogP contribution in [0.25, 0.3) is 22.6 Å². The zero-order valence-electron chi connectivity index (χ0n) is 16.6. The van der Waals surface area contributed by atoms with Gasteiger partial charge in [0.2, 0.25) is 10.0 Å². The van der Waals surface area contributed by atoms with Crippen molar-refractivity contribution < 1.29 is 17.6 Å². The van der Waals surface area contributed by atoms with Crippen LogP contribution in [0.3, 0.4) is 0 Å². The fourth-order valence-corrected chi connectivity index (χ4v) is 4.23. The van der Waals surface area contributed by atoms with E-state index < -0.39 is 10.0 Å². The van der Waals surface area contributed by atoms with E-state index in [1.54, 1.807) is 36.4 Å². The van der Waals surface area contributed by atoms with Gasteiger partial charge in [-0.1, -0.05) is 60.1 Å². The summed E-state index contributed by atoms with van der Waals surface area (Å²) in [6.45, 7) is 0. The lowest BCUT2D eigenvalue weighted by atomic mass is 10.1. The molecule has 158 valence electrons. The topological polar surface area (TPSA) is 95.4 Å². The maximum atomic E-state index is 12.2. The SMILES string of the molecule is COc1cc(-c2oc(Cc3ccccc3)nc2-c2ccccc2S(N)(=O)=O)ccc1Cl. The molecule has 1 heterocycles. The molecule has 2 N–H and O–H groups in total. The molecule has 0 spiro atoms. The minimum Gasteiger partial charge on any atom is -0.495 e. The molecule has 0 amide bonds. The Morgan fingerprint density at radius 2 is 1.74 bits per heavy atom. The quantitative estimate of drug-likeness (QED) is 0.446. The molecule has 4 rings (SSSR count). The second-order valence-electron chi connectivity index (χ2n) is 6.84. The molecule has 0 aliphatic rings. The number of nitrogens with two attached hydrogens (primary N) is 1. The second-order valence-corrected chi connectivity index (χ2v) is 8.78. The van der Waals surface area contributed by atoms with Gasteiger partial charge in [-0.2, -0.15) is 0 Å². The van der Waals surface area contributed by atoms with Crippen LogP contribution in [0, 0.1) is 0 Å². The molecule has 0 saturated heterocycles. The number of aromatic nitrogens is 1. The number of hydrogen-bond acceptors (Lipinski definition) is 5.